The maximum Gasteiger partial charge on any atom is 0.368 e. The second-order valence-corrected chi connectivity index (χ2v) is 4.20. The Labute approximate surface area is 112 Å². The highest BCUT2D eigenvalue weighted by atomic mass is 79.9. The van der Waals surface area contributed by atoms with Crippen LogP contribution < -0.4 is 4.74 Å². The van der Waals surface area contributed by atoms with Crippen LogP contribution in [0.5, 0.6) is 5.75 Å². The van der Waals surface area contributed by atoms with Crippen LogP contribution in [0.25, 0.3) is 0 Å². The van der Waals surface area contributed by atoms with E-state index in [2.05, 4.69) is 25.9 Å². The molecule has 1 aromatic carbocycles. The van der Waals surface area contributed by atoms with Gasteiger partial charge in [-0.3, -0.25) is 0 Å². The van der Waals surface area contributed by atoms with Crippen LogP contribution in [0.4, 0.5) is 4.79 Å². The van der Waals surface area contributed by atoms with E-state index in [0.29, 0.717) is 5.75 Å². The molecule has 18 heavy (non-hydrogen) atoms. The van der Waals surface area contributed by atoms with Crippen molar-refractivity contribution in [3.05, 3.63) is 29.8 Å². The summed E-state index contributed by atoms with van der Waals surface area (Å²) in [6.07, 6.45) is 0. The van der Waals surface area contributed by atoms with Gasteiger partial charge in [-0.2, -0.15) is 9.98 Å². The highest BCUT2D eigenvalue weighted by Crippen LogP contribution is 2.14. The first kappa shape index (κ1) is 12.6. The topological polar surface area (TPSA) is 68.1 Å². The lowest BCUT2D eigenvalue weighted by Crippen LogP contribution is -2.27. The van der Waals surface area contributed by atoms with Crippen LogP contribution in [-0.4, -0.2) is 28.8 Å². The van der Waals surface area contributed by atoms with E-state index in [1.807, 2.05) is 13.0 Å². The number of hydrogen-bond donors (Lipinski definition) is 0. The zero-order valence-electron chi connectivity index (χ0n) is 9.51. The Kier molecular flexibility index (Phi) is 3.66. The predicted octanol–water partition coefficient (Wildman–Crippen LogP) is 2.31. The Morgan fingerprint density at radius 3 is 2.83 bits per heavy atom. The summed E-state index contributed by atoms with van der Waals surface area (Å²) < 4.78 is 5.14. The van der Waals surface area contributed by atoms with Gasteiger partial charge in [0.15, 0.2) is 5.71 Å². The summed E-state index contributed by atoms with van der Waals surface area (Å²) >= 11 is 3.14. The maximum absolute atomic E-state index is 11.8. The number of carbonyl (C=O) groups is 2. The smallest absolute Gasteiger partial charge is 0.368 e. The average Bonchev–Trinajstić information content (AvgIpc) is 2.70. The molecule has 2 amide bonds. The number of urea groups is 1. The van der Waals surface area contributed by atoms with Gasteiger partial charge in [-0.05, 0) is 24.6 Å². The number of nitrogens with zero attached hydrogens (tertiary/aromatic N) is 2. The molecule has 5 nitrogen and oxygen atoms in total. The molecule has 0 saturated carbocycles. The molecule has 1 aliphatic rings. The minimum atomic E-state index is -0.680. The van der Waals surface area contributed by atoms with Crippen molar-refractivity contribution in [2.45, 2.75) is 6.92 Å². The van der Waals surface area contributed by atoms with E-state index in [9.17, 15) is 9.59 Å². The molecule has 0 aromatic heterocycles. The lowest BCUT2D eigenvalue weighted by molar-refractivity contribution is -0.126. The summed E-state index contributed by atoms with van der Waals surface area (Å²) in [5.74, 6) is -0.263. The molecule has 0 N–H and O–H groups in total. The lowest BCUT2D eigenvalue weighted by atomic mass is 10.2. The fraction of sp³-hybridized carbons (Fsp3) is 0.167. The third-order valence-corrected chi connectivity index (χ3v) is 2.76. The molecule has 0 aliphatic carbocycles. The van der Waals surface area contributed by atoms with Gasteiger partial charge in [-0.25, -0.2) is 9.59 Å². The van der Waals surface area contributed by atoms with Crippen molar-refractivity contribution in [2.75, 3.05) is 5.33 Å². The number of carbonyl (C=O) groups excluding carboxylic acids is 2. The monoisotopic (exact) mass is 308 g/mol. The Morgan fingerprint density at radius 1 is 1.39 bits per heavy atom. The second-order valence-electron chi connectivity index (χ2n) is 3.64. The largest absolute Gasteiger partial charge is 0.422 e. The fourth-order valence-corrected chi connectivity index (χ4v) is 1.84. The number of alkyl halides is 1. The van der Waals surface area contributed by atoms with Crippen LogP contribution in [0.15, 0.2) is 34.3 Å². The van der Waals surface area contributed by atoms with Crippen LogP contribution in [0.2, 0.25) is 0 Å². The normalized spacial score (nSPS) is 14.2. The standard InChI is InChI=1S/C12H9BrN2O3/c1-7-3-2-4-8(5-7)18-11(16)10-9(6-13)14-12(17)15-10/h2-5H,6H2,1H3. The van der Waals surface area contributed by atoms with Gasteiger partial charge < -0.3 is 4.74 Å². The predicted molar refractivity (Wildman–Crippen MR) is 70.9 cm³/mol. The number of rotatable bonds is 3. The highest BCUT2D eigenvalue weighted by molar-refractivity contribution is 9.09. The van der Waals surface area contributed by atoms with Crippen molar-refractivity contribution in [3.8, 4) is 5.75 Å². The van der Waals surface area contributed by atoms with Crippen molar-refractivity contribution < 1.29 is 14.3 Å². The molecule has 2 rings (SSSR count). The number of ether oxygens (including phenoxy) is 1. The van der Waals surface area contributed by atoms with Gasteiger partial charge in [0.1, 0.15) is 5.75 Å². The Morgan fingerprint density at radius 2 is 2.17 bits per heavy atom. The molecular weight excluding hydrogens is 300 g/mol. The molecule has 1 heterocycles. The number of aliphatic imine (C=N–C) groups is 2. The van der Waals surface area contributed by atoms with Crippen molar-refractivity contribution in [2.24, 2.45) is 9.98 Å². The summed E-state index contributed by atoms with van der Waals surface area (Å²) in [6.45, 7) is 1.89. The summed E-state index contributed by atoms with van der Waals surface area (Å²) in [7, 11) is 0. The van der Waals surface area contributed by atoms with Crippen molar-refractivity contribution in [3.63, 3.8) is 0 Å². The molecule has 0 radical (unpaired) electrons. The highest BCUT2D eigenvalue weighted by Gasteiger charge is 2.26. The lowest BCUT2D eigenvalue weighted by Gasteiger charge is -2.04. The van der Waals surface area contributed by atoms with Crippen molar-refractivity contribution in [1.29, 1.82) is 0 Å². The molecule has 6 heteroatoms. The quantitative estimate of drug-likeness (QED) is 0.489. The molecule has 0 saturated heterocycles. The van der Waals surface area contributed by atoms with Crippen molar-refractivity contribution >= 4 is 39.4 Å². The van der Waals surface area contributed by atoms with E-state index < -0.39 is 12.0 Å². The molecular formula is C12H9BrN2O3. The Balaban J connectivity index is 2.17. The molecule has 0 atom stereocenters. The zero-order valence-corrected chi connectivity index (χ0v) is 11.1. The third kappa shape index (κ3) is 2.70. The summed E-state index contributed by atoms with van der Waals surface area (Å²) in [5, 5.41) is 0.278. The van der Waals surface area contributed by atoms with Crippen molar-refractivity contribution in [1.82, 2.24) is 0 Å². The minimum absolute atomic E-state index is 0.0432. The van der Waals surface area contributed by atoms with Gasteiger partial charge >= 0.3 is 12.0 Å². The first-order valence-electron chi connectivity index (χ1n) is 5.15. The number of benzene rings is 1. The van der Waals surface area contributed by atoms with E-state index in [0.717, 1.165) is 5.56 Å². The van der Waals surface area contributed by atoms with E-state index >= 15 is 0 Å². The van der Waals surface area contributed by atoms with Crippen LogP contribution in [0.3, 0.4) is 0 Å². The Bertz CT molecular complexity index is 578. The average molecular weight is 309 g/mol. The minimum Gasteiger partial charge on any atom is -0.422 e. The second kappa shape index (κ2) is 5.22. The van der Waals surface area contributed by atoms with Gasteiger partial charge in [0.25, 0.3) is 0 Å². The van der Waals surface area contributed by atoms with Crippen LogP contribution in [0, 0.1) is 6.92 Å². The molecule has 0 fully saturated rings. The SMILES string of the molecule is Cc1cccc(OC(=O)C2=NC(=O)N=C2CBr)c1. The summed E-state index contributed by atoms with van der Waals surface area (Å²) in [5.41, 5.74) is 1.22. The number of esters is 1. The van der Waals surface area contributed by atoms with Gasteiger partial charge in [0.05, 0.1) is 5.71 Å². The molecule has 0 spiro atoms. The first-order chi connectivity index (χ1) is 8.60. The molecule has 92 valence electrons. The number of amides is 2. The van der Waals surface area contributed by atoms with Crippen LogP contribution in [0.1, 0.15) is 5.56 Å². The fourth-order valence-electron chi connectivity index (χ4n) is 1.44. The van der Waals surface area contributed by atoms with E-state index in [1.54, 1.807) is 18.2 Å². The molecule has 0 bridgehead atoms. The van der Waals surface area contributed by atoms with Gasteiger partial charge in [-0.1, -0.05) is 28.1 Å². The zero-order chi connectivity index (χ0) is 13.1. The number of aryl methyl sites for hydroxylation is 1. The summed E-state index contributed by atoms with van der Waals surface area (Å²) in [4.78, 5) is 30.0. The molecule has 1 aliphatic heterocycles. The third-order valence-electron chi connectivity index (χ3n) is 2.23. The van der Waals surface area contributed by atoms with E-state index in [1.165, 1.54) is 0 Å². The van der Waals surface area contributed by atoms with Gasteiger partial charge in [0.2, 0.25) is 0 Å². The maximum atomic E-state index is 11.8. The number of hydrogen-bond acceptors (Lipinski definition) is 3. The van der Waals surface area contributed by atoms with Crippen LogP contribution in [-0.2, 0) is 4.79 Å². The molecule has 1 aromatic rings. The van der Waals surface area contributed by atoms with E-state index in [-0.39, 0.29) is 16.8 Å². The van der Waals surface area contributed by atoms with Gasteiger partial charge in [0, 0.05) is 5.33 Å². The summed E-state index contributed by atoms with van der Waals surface area (Å²) in [6, 6.07) is 6.37. The van der Waals surface area contributed by atoms with E-state index in [4.69, 9.17) is 4.74 Å². The Hall–Kier alpha value is -1.82. The van der Waals surface area contributed by atoms with Crippen LogP contribution >= 0.6 is 15.9 Å². The molecule has 0 unspecified atom stereocenters. The van der Waals surface area contributed by atoms with Gasteiger partial charge in [-0.15, -0.1) is 0 Å². The number of halogens is 1. The first-order valence-corrected chi connectivity index (χ1v) is 6.27.